The van der Waals surface area contributed by atoms with Crippen LogP contribution >= 0.6 is 0 Å². The monoisotopic (exact) mass is 710 g/mol. The van der Waals surface area contributed by atoms with Crippen molar-refractivity contribution in [2.45, 2.75) is 78.7 Å². The summed E-state index contributed by atoms with van der Waals surface area (Å²) in [6.07, 6.45) is 4.98. The van der Waals surface area contributed by atoms with E-state index in [1.165, 1.54) is 70.6 Å². The molecule has 0 bridgehead atoms. The van der Waals surface area contributed by atoms with Crippen LogP contribution in [0.5, 0.6) is 23.0 Å². The van der Waals surface area contributed by atoms with Crippen molar-refractivity contribution in [3.8, 4) is 23.0 Å². The number of hydrogen-bond donors (Lipinski definition) is 3. The van der Waals surface area contributed by atoms with Gasteiger partial charge in [-0.2, -0.15) is 0 Å². The summed E-state index contributed by atoms with van der Waals surface area (Å²) in [6.45, 7) is 13.1. The largest absolute Gasteiger partial charge is 0.508 e. The number of aliphatic hydroxyl groups excluding tert-OH is 1. The van der Waals surface area contributed by atoms with Crippen LogP contribution in [0.2, 0.25) is 0 Å². The molecule has 2 atom stereocenters. The van der Waals surface area contributed by atoms with Crippen LogP contribution in [0.25, 0.3) is 12.2 Å². The van der Waals surface area contributed by atoms with Crippen molar-refractivity contribution in [2.75, 3.05) is 14.2 Å². The van der Waals surface area contributed by atoms with E-state index in [1.54, 1.807) is 59.7 Å². The molecule has 51 heavy (non-hydrogen) atoms. The molecule has 0 aliphatic carbocycles. The zero-order valence-electron chi connectivity index (χ0n) is 30.4. The fourth-order valence-corrected chi connectivity index (χ4v) is 3.83. The van der Waals surface area contributed by atoms with Crippen molar-refractivity contribution in [3.05, 3.63) is 71.5 Å². The predicted molar refractivity (Wildman–Crippen MR) is 189 cm³/mol. The van der Waals surface area contributed by atoms with Crippen LogP contribution < -0.4 is 29.6 Å². The van der Waals surface area contributed by atoms with E-state index in [2.05, 4.69) is 10.6 Å². The van der Waals surface area contributed by atoms with E-state index in [4.69, 9.17) is 28.4 Å². The maximum atomic E-state index is 12.5. The highest BCUT2D eigenvalue weighted by Crippen LogP contribution is 2.30. The van der Waals surface area contributed by atoms with Crippen molar-refractivity contribution in [3.63, 3.8) is 0 Å². The van der Waals surface area contributed by atoms with Gasteiger partial charge in [-0.05, 0) is 103 Å². The third-order valence-corrected chi connectivity index (χ3v) is 6.15. The maximum absolute atomic E-state index is 12.5. The zero-order valence-corrected chi connectivity index (χ0v) is 30.4. The Morgan fingerprint density at radius 2 is 1.04 bits per heavy atom. The number of methoxy groups -OCH3 is 2. The number of hydrogen-bond acceptors (Lipinski definition) is 12. The van der Waals surface area contributed by atoms with Gasteiger partial charge in [-0.15, -0.1) is 0 Å². The third-order valence-electron chi connectivity index (χ3n) is 6.15. The minimum atomic E-state index is -1.01. The minimum Gasteiger partial charge on any atom is -0.508 e. The van der Waals surface area contributed by atoms with Crippen molar-refractivity contribution in [1.82, 2.24) is 10.6 Å². The normalized spacial score (nSPS) is 13.2. The maximum Gasteiger partial charge on any atom is 0.408 e. The van der Waals surface area contributed by atoms with Crippen molar-refractivity contribution < 1.29 is 57.5 Å². The molecule has 0 aromatic heterocycles. The molecule has 0 heterocycles. The van der Waals surface area contributed by atoms with E-state index in [0.717, 1.165) is 6.08 Å². The van der Waals surface area contributed by atoms with Gasteiger partial charge in [-0.3, -0.25) is 4.79 Å². The summed E-state index contributed by atoms with van der Waals surface area (Å²) in [6, 6.07) is 7.19. The van der Waals surface area contributed by atoms with Crippen LogP contribution in [0.15, 0.2) is 60.4 Å². The fourth-order valence-electron chi connectivity index (χ4n) is 3.83. The first-order valence-electron chi connectivity index (χ1n) is 15.8. The van der Waals surface area contributed by atoms with Crippen LogP contribution in [0, 0.1) is 0 Å². The number of amides is 2. The topological polar surface area (TPSA) is 185 Å². The first-order valence-corrected chi connectivity index (χ1v) is 15.8. The minimum absolute atomic E-state index is 0.0964. The highest BCUT2D eigenvalue weighted by molar-refractivity contribution is 6.02. The summed E-state index contributed by atoms with van der Waals surface area (Å²) in [5.41, 5.74) is -0.381. The number of ketones is 1. The van der Waals surface area contributed by atoms with E-state index >= 15 is 0 Å². The molecule has 0 aliphatic heterocycles. The Hall–Kier alpha value is -5.79. The molecular weight excluding hydrogens is 664 g/mol. The van der Waals surface area contributed by atoms with Gasteiger partial charge >= 0.3 is 24.1 Å². The molecule has 0 radical (unpaired) electrons. The lowest BCUT2D eigenvalue weighted by Crippen LogP contribution is -2.43. The van der Waals surface area contributed by atoms with Crippen LogP contribution in [0.3, 0.4) is 0 Å². The van der Waals surface area contributed by atoms with Crippen molar-refractivity contribution in [2.24, 2.45) is 0 Å². The number of allylic oxidation sites excluding steroid dienone is 3. The Morgan fingerprint density at radius 1 is 0.647 bits per heavy atom. The smallest absolute Gasteiger partial charge is 0.408 e. The number of carbonyl (C=O) groups excluding carboxylic acids is 5. The average molecular weight is 711 g/mol. The number of alkyl carbamates (subject to hydrolysis) is 2. The lowest BCUT2D eigenvalue weighted by atomic mass is 10.1. The molecule has 0 unspecified atom stereocenters. The van der Waals surface area contributed by atoms with Crippen LogP contribution in [0.4, 0.5) is 9.59 Å². The summed E-state index contributed by atoms with van der Waals surface area (Å²) in [7, 11) is 2.76. The first-order chi connectivity index (χ1) is 23.7. The Morgan fingerprint density at radius 3 is 1.41 bits per heavy atom. The van der Waals surface area contributed by atoms with Gasteiger partial charge in [0.15, 0.2) is 28.8 Å². The van der Waals surface area contributed by atoms with Gasteiger partial charge in [0.1, 0.15) is 29.0 Å². The quantitative estimate of drug-likeness (QED) is 0.0717. The number of aliphatic hydroxyl groups is 1. The van der Waals surface area contributed by atoms with Gasteiger partial charge < -0.3 is 44.2 Å². The molecule has 14 nitrogen and oxygen atoms in total. The SMILES string of the molecule is COc1cc(/C=C/C(=O)/C=C(O)/C=C/c2ccc(OC(=O)[C@H](C)NC(=O)OC(C)(C)C)c(OC)c2)ccc1OC(=O)[C@H](C)NC(=O)OC(C)(C)C. The summed E-state index contributed by atoms with van der Waals surface area (Å²) in [5, 5.41) is 15.1. The van der Waals surface area contributed by atoms with E-state index < -0.39 is 53.2 Å². The highest BCUT2D eigenvalue weighted by Gasteiger charge is 2.24. The van der Waals surface area contributed by atoms with Gasteiger partial charge in [0.2, 0.25) is 0 Å². The highest BCUT2D eigenvalue weighted by atomic mass is 16.6. The fraction of sp³-hybridized carbons (Fsp3) is 0.378. The number of benzene rings is 2. The Balaban J connectivity index is 2.02. The second-order valence-corrected chi connectivity index (χ2v) is 13.0. The lowest BCUT2D eigenvalue weighted by molar-refractivity contribution is -0.137. The molecule has 14 heteroatoms. The molecule has 0 saturated heterocycles. The molecule has 276 valence electrons. The van der Waals surface area contributed by atoms with E-state index in [-0.39, 0.29) is 28.8 Å². The molecule has 3 N–H and O–H groups in total. The molecule has 2 aromatic rings. The summed E-state index contributed by atoms with van der Waals surface area (Å²) in [4.78, 5) is 61.5. The van der Waals surface area contributed by atoms with E-state index in [9.17, 15) is 29.1 Å². The van der Waals surface area contributed by atoms with Crippen LogP contribution in [-0.2, 0) is 23.9 Å². The summed E-state index contributed by atoms with van der Waals surface area (Å²) in [5.74, 6) is -1.75. The number of nitrogens with one attached hydrogen (secondary N) is 2. The van der Waals surface area contributed by atoms with Crippen molar-refractivity contribution in [1.29, 1.82) is 0 Å². The molecule has 2 amide bonds. The van der Waals surface area contributed by atoms with Gasteiger partial charge in [0.05, 0.1) is 14.2 Å². The number of esters is 2. The van der Waals surface area contributed by atoms with Crippen LogP contribution in [-0.4, -0.2) is 72.5 Å². The summed E-state index contributed by atoms with van der Waals surface area (Å²) < 4.78 is 31.7. The average Bonchev–Trinajstić information content (AvgIpc) is 3.01. The van der Waals surface area contributed by atoms with Crippen molar-refractivity contribution >= 4 is 42.1 Å². The molecule has 0 spiro atoms. The predicted octanol–water partition coefficient (Wildman–Crippen LogP) is 6.08. The Kier molecular flexibility index (Phi) is 14.8. The molecule has 0 saturated carbocycles. The van der Waals surface area contributed by atoms with Gasteiger partial charge in [0.25, 0.3) is 0 Å². The Labute approximate surface area is 297 Å². The van der Waals surface area contributed by atoms with Gasteiger partial charge in [-0.1, -0.05) is 24.3 Å². The second-order valence-electron chi connectivity index (χ2n) is 13.0. The van der Waals surface area contributed by atoms with Crippen LogP contribution in [0.1, 0.15) is 66.5 Å². The molecule has 2 aromatic carbocycles. The van der Waals surface area contributed by atoms with Gasteiger partial charge in [-0.25, -0.2) is 19.2 Å². The number of ether oxygens (including phenoxy) is 6. The second kappa shape index (κ2) is 18.3. The molecule has 0 fully saturated rings. The number of rotatable bonds is 13. The molecule has 0 aliphatic rings. The van der Waals surface area contributed by atoms with Gasteiger partial charge in [0, 0.05) is 6.08 Å². The molecule has 2 rings (SSSR count). The number of carbonyl (C=O) groups is 5. The van der Waals surface area contributed by atoms with E-state index in [1.807, 2.05) is 0 Å². The first kappa shape index (κ1) is 41.4. The summed E-state index contributed by atoms with van der Waals surface area (Å²) >= 11 is 0. The third kappa shape index (κ3) is 15.1. The van der Waals surface area contributed by atoms with E-state index in [0.29, 0.717) is 11.1 Å². The lowest BCUT2D eigenvalue weighted by Gasteiger charge is -2.21. The zero-order chi connectivity index (χ0) is 38.5. The standard InChI is InChI=1S/C37H46N2O12/c1-22(38-34(44)50-36(3,4)5)32(42)48-28-17-13-24(19-30(28)46-9)11-15-26(40)21-27(41)16-12-25-14-18-29(31(20-25)47-10)49-33(43)23(2)39-35(45)51-37(6,7)8/h11-23,40H,1-10H3,(H,38,44)(H,39,45)/b15-11+,16-12+,26-21-/t22-,23-/m0/s1. The Bertz CT molecular complexity index is 1680. The molecular formula is C37H46N2O12.